The second-order valence-corrected chi connectivity index (χ2v) is 4.96. The Morgan fingerprint density at radius 1 is 1.45 bits per heavy atom. The number of benzene rings is 1. The second-order valence-electron chi connectivity index (χ2n) is 4.96. The summed E-state index contributed by atoms with van der Waals surface area (Å²) in [6.07, 6.45) is 0.412. The van der Waals surface area contributed by atoms with E-state index in [9.17, 15) is 9.18 Å². The van der Waals surface area contributed by atoms with E-state index in [4.69, 9.17) is 10.9 Å². The maximum Gasteiger partial charge on any atom is 0.236 e. The fourth-order valence-corrected chi connectivity index (χ4v) is 1.91. The summed E-state index contributed by atoms with van der Waals surface area (Å²) in [6, 6.07) is 5.92. The molecule has 0 aliphatic heterocycles. The summed E-state index contributed by atoms with van der Waals surface area (Å²) in [6.45, 7) is 3.75. The first-order valence-electron chi connectivity index (χ1n) is 6.33. The smallest absolute Gasteiger partial charge is 0.236 e. The minimum Gasteiger partial charge on any atom is -0.409 e. The highest BCUT2D eigenvalue weighted by Gasteiger charge is 2.38. The van der Waals surface area contributed by atoms with Gasteiger partial charge >= 0.3 is 0 Å². The quantitative estimate of drug-likeness (QED) is 0.375. The van der Waals surface area contributed by atoms with Crippen LogP contribution in [0.15, 0.2) is 29.4 Å². The average molecular weight is 281 g/mol. The molecule has 6 heteroatoms. The first-order valence-corrected chi connectivity index (χ1v) is 6.33. The van der Waals surface area contributed by atoms with Gasteiger partial charge in [0.05, 0.1) is 0 Å². The fraction of sp³-hybridized carbons (Fsp3) is 0.429. The second kappa shape index (κ2) is 6.36. The Balaban J connectivity index is 2.88. The maximum absolute atomic E-state index is 12.8. The molecule has 1 unspecified atom stereocenters. The monoisotopic (exact) mass is 281 g/mol. The van der Waals surface area contributed by atoms with Crippen LogP contribution >= 0.6 is 0 Å². The Kier molecular flexibility index (Phi) is 5.07. The summed E-state index contributed by atoms with van der Waals surface area (Å²) in [5, 5.41) is 11.8. The molecule has 0 spiro atoms. The molecule has 1 atom stereocenters. The van der Waals surface area contributed by atoms with Crippen LogP contribution in [0.1, 0.15) is 25.8 Å². The molecule has 3 N–H and O–H groups in total. The summed E-state index contributed by atoms with van der Waals surface area (Å²) >= 11 is 0. The highest BCUT2D eigenvalue weighted by Crippen LogP contribution is 2.25. The molecule has 5 nitrogen and oxygen atoms in total. The van der Waals surface area contributed by atoms with E-state index in [1.165, 1.54) is 17.0 Å². The maximum atomic E-state index is 12.8. The largest absolute Gasteiger partial charge is 0.409 e. The van der Waals surface area contributed by atoms with Crippen LogP contribution in [-0.2, 0) is 11.3 Å². The molecule has 20 heavy (non-hydrogen) atoms. The minimum absolute atomic E-state index is 0.115. The van der Waals surface area contributed by atoms with Crippen LogP contribution < -0.4 is 5.73 Å². The van der Waals surface area contributed by atoms with E-state index in [0.29, 0.717) is 13.0 Å². The molecule has 0 heterocycles. The number of amidine groups is 1. The van der Waals surface area contributed by atoms with Crippen LogP contribution in [0.25, 0.3) is 0 Å². The van der Waals surface area contributed by atoms with Gasteiger partial charge in [-0.25, -0.2) is 4.39 Å². The summed E-state index contributed by atoms with van der Waals surface area (Å²) in [5.74, 6) is -0.687. The van der Waals surface area contributed by atoms with E-state index in [2.05, 4.69) is 5.16 Å². The summed E-state index contributed by atoms with van der Waals surface area (Å²) in [4.78, 5) is 13.9. The van der Waals surface area contributed by atoms with E-state index >= 15 is 0 Å². The number of hydrogen-bond donors (Lipinski definition) is 2. The molecule has 0 bridgehead atoms. The number of carbonyl (C=O) groups is 1. The molecule has 0 aliphatic carbocycles. The lowest BCUT2D eigenvalue weighted by Gasteiger charge is -2.30. The van der Waals surface area contributed by atoms with Gasteiger partial charge in [-0.3, -0.25) is 4.79 Å². The molecule has 0 saturated carbocycles. The van der Waals surface area contributed by atoms with Crippen molar-refractivity contribution < 1.29 is 14.4 Å². The van der Waals surface area contributed by atoms with E-state index in [1.807, 2.05) is 0 Å². The third-order valence-corrected chi connectivity index (χ3v) is 3.53. The normalized spacial score (nSPS) is 14.7. The number of nitrogens with zero attached hydrogens (tertiary/aromatic N) is 2. The Bertz CT molecular complexity index is 502. The van der Waals surface area contributed by atoms with E-state index in [1.54, 1.807) is 33.0 Å². The van der Waals surface area contributed by atoms with Crippen molar-refractivity contribution in [3.8, 4) is 0 Å². The standard InChI is InChI=1S/C14H20FN3O2/c1-4-14(2,12(16)17-20)13(19)18(3)9-10-5-7-11(15)8-6-10/h5-8,20H,4,9H2,1-3H3,(H2,16,17). The molecule has 0 aliphatic rings. The zero-order valence-electron chi connectivity index (χ0n) is 11.9. The van der Waals surface area contributed by atoms with Gasteiger partial charge in [0.15, 0.2) is 5.84 Å². The molecule has 0 aromatic heterocycles. The number of nitrogens with two attached hydrogens (primary N) is 1. The first-order chi connectivity index (χ1) is 9.35. The van der Waals surface area contributed by atoms with Gasteiger partial charge in [0.25, 0.3) is 0 Å². The van der Waals surface area contributed by atoms with Crippen molar-refractivity contribution in [2.45, 2.75) is 26.8 Å². The molecule has 1 rings (SSSR count). The minimum atomic E-state index is -1.05. The topological polar surface area (TPSA) is 78.9 Å². The lowest BCUT2D eigenvalue weighted by molar-refractivity contribution is -0.137. The van der Waals surface area contributed by atoms with Crippen molar-refractivity contribution in [2.24, 2.45) is 16.3 Å². The van der Waals surface area contributed by atoms with Crippen LogP contribution in [0.4, 0.5) is 4.39 Å². The molecule has 0 fully saturated rings. The zero-order chi connectivity index (χ0) is 15.3. The molecule has 1 aromatic carbocycles. The molecule has 1 amide bonds. The lowest BCUT2D eigenvalue weighted by atomic mass is 9.84. The van der Waals surface area contributed by atoms with E-state index in [0.717, 1.165) is 5.56 Å². The third kappa shape index (κ3) is 3.26. The van der Waals surface area contributed by atoms with Gasteiger partial charge in [0.2, 0.25) is 5.91 Å². The number of hydrogen-bond acceptors (Lipinski definition) is 3. The number of amides is 1. The summed E-state index contributed by atoms with van der Waals surface area (Å²) in [7, 11) is 1.63. The van der Waals surface area contributed by atoms with Crippen LogP contribution in [-0.4, -0.2) is 28.9 Å². The van der Waals surface area contributed by atoms with Crippen molar-refractivity contribution >= 4 is 11.7 Å². The lowest BCUT2D eigenvalue weighted by Crippen LogP contribution is -2.47. The Labute approximate surface area is 117 Å². The van der Waals surface area contributed by atoms with Crippen LogP contribution in [0.2, 0.25) is 0 Å². The summed E-state index contributed by atoms with van der Waals surface area (Å²) in [5.41, 5.74) is 5.37. The van der Waals surface area contributed by atoms with Crippen LogP contribution in [0, 0.1) is 11.2 Å². The van der Waals surface area contributed by atoms with Crippen molar-refractivity contribution in [1.29, 1.82) is 0 Å². The van der Waals surface area contributed by atoms with Crippen LogP contribution in [0.5, 0.6) is 0 Å². The molecule has 110 valence electrons. The molecule has 0 radical (unpaired) electrons. The van der Waals surface area contributed by atoms with Crippen molar-refractivity contribution in [1.82, 2.24) is 4.90 Å². The van der Waals surface area contributed by atoms with Gasteiger partial charge in [-0.2, -0.15) is 0 Å². The highest BCUT2D eigenvalue weighted by molar-refractivity contribution is 6.06. The molecule has 1 aromatic rings. The van der Waals surface area contributed by atoms with Gasteiger partial charge in [-0.15, -0.1) is 0 Å². The number of rotatable bonds is 5. The highest BCUT2D eigenvalue weighted by atomic mass is 19.1. The SMILES string of the molecule is CCC(C)(C(=O)N(C)Cc1ccc(F)cc1)/C(N)=N/O. The van der Waals surface area contributed by atoms with Gasteiger partial charge < -0.3 is 15.8 Å². The first kappa shape index (κ1) is 15.9. The average Bonchev–Trinajstić information content (AvgIpc) is 2.46. The Hall–Kier alpha value is -2.11. The van der Waals surface area contributed by atoms with Gasteiger partial charge in [0, 0.05) is 13.6 Å². The van der Waals surface area contributed by atoms with Crippen molar-refractivity contribution in [3.05, 3.63) is 35.6 Å². The van der Waals surface area contributed by atoms with Gasteiger partial charge in [0.1, 0.15) is 11.2 Å². The fourth-order valence-electron chi connectivity index (χ4n) is 1.91. The number of oxime groups is 1. The van der Waals surface area contributed by atoms with Crippen molar-refractivity contribution in [2.75, 3.05) is 7.05 Å². The van der Waals surface area contributed by atoms with E-state index in [-0.39, 0.29) is 17.6 Å². The van der Waals surface area contributed by atoms with E-state index < -0.39 is 5.41 Å². The Morgan fingerprint density at radius 2 is 2.00 bits per heavy atom. The Morgan fingerprint density at radius 3 is 2.45 bits per heavy atom. The van der Waals surface area contributed by atoms with Gasteiger partial charge in [-0.1, -0.05) is 24.2 Å². The third-order valence-electron chi connectivity index (χ3n) is 3.53. The van der Waals surface area contributed by atoms with Crippen LogP contribution in [0.3, 0.4) is 0 Å². The molecular weight excluding hydrogens is 261 g/mol. The molecular formula is C14H20FN3O2. The predicted molar refractivity (Wildman–Crippen MR) is 74.7 cm³/mol. The summed E-state index contributed by atoms with van der Waals surface area (Å²) < 4.78 is 12.8. The number of halogens is 1. The van der Waals surface area contributed by atoms with Crippen molar-refractivity contribution in [3.63, 3.8) is 0 Å². The van der Waals surface area contributed by atoms with Gasteiger partial charge in [-0.05, 0) is 31.0 Å². The predicted octanol–water partition coefficient (Wildman–Crippen LogP) is 1.95. The molecule has 0 saturated heterocycles. The zero-order valence-corrected chi connectivity index (χ0v) is 11.9. The number of carbonyl (C=O) groups excluding carboxylic acids is 1.